The zero-order valence-corrected chi connectivity index (χ0v) is 12.8. The molecule has 1 aromatic rings. The number of hydrogen-bond donors (Lipinski definition) is 1. The Hall–Kier alpha value is -1.55. The number of non-ortho nitro benzene ring substituents is 1. The van der Waals surface area contributed by atoms with Crippen molar-refractivity contribution in [2.45, 2.75) is 18.8 Å². The Morgan fingerprint density at radius 1 is 1.50 bits per heavy atom. The summed E-state index contributed by atoms with van der Waals surface area (Å²) in [5, 5.41) is 20.1. The zero-order chi connectivity index (χ0) is 16.4. The van der Waals surface area contributed by atoms with Gasteiger partial charge in [0.1, 0.15) is 11.9 Å². The molecule has 0 unspecified atom stereocenters. The van der Waals surface area contributed by atoms with Crippen LogP contribution in [0.3, 0.4) is 0 Å². The Bertz CT molecular complexity index is 660. The van der Waals surface area contributed by atoms with Crippen LogP contribution in [0.25, 0.3) is 0 Å². The molecule has 0 spiro atoms. The molecule has 1 fully saturated rings. The summed E-state index contributed by atoms with van der Waals surface area (Å²) in [4.78, 5) is 10.3. The van der Waals surface area contributed by atoms with Gasteiger partial charge in [0.25, 0.3) is 5.69 Å². The van der Waals surface area contributed by atoms with Gasteiger partial charge in [-0.15, -0.1) is 0 Å². The van der Waals surface area contributed by atoms with Crippen molar-refractivity contribution in [2.24, 2.45) is 0 Å². The summed E-state index contributed by atoms with van der Waals surface area (Å²) in [7, 11) is -3.48. The molecule has 1 heterocycles. The maximum absolute atomic E-state index is 12.0. The summed E-state index contributed by atoms with van der Waals surface area (Å²) in [6, 6.07) is 5.47. The van der Waals surface area contributed by atoms with Crippen LogP contribution in [0.2, 0.25) is 0 Å². The minimum Gasteiger partial charge on any atom is -0.394 e. The molecule has 0 radical (unpaired) electrons. The van der Waals surface area contributed by atoms with Gasteiger partial charge in [-0.1, -0.05) is 19.1 Å². The number of hydrogen-bond acceptors (Lipinski definition) is 7. The van der Waals surface area contributed by atoms with E-state index >= 15 is 0 Å². The average Bonchev–Trinajstić information content (AvgIpc) is 2.91. The number of aliphatic hydroxyl groups excluding tert-OH is 1. The second-order valence-electron chi connectivity index (χ2n) is 4.97. The summed E-state index contributed by atoms with van der Waals surface area (Å²) >= 11 is 0. The number of aliphatic hydroxyl groups is 1. The highest BCUT2D eigenvalue weighted by Gasteiger charge is 2.46. The van der Waals surface area contributed by atoms with Crippen LogP contribution in [0.1, 0.15) is 12.5 Å². The van der Waals surface area contributed by atoms with E-state index in [1.165, 1.54) is 31.2 Å². The van der Waals surface area contributed by atoms with Gasteiger partial charge in [-0.25, -0.2) is 8.42 Å². The fourth-order valence-electron chi connectivity index (χ4n) is 2.21. The van der Waals surface area contributed by atoms with Crippen molar-refractivity contribution in [3.05, 3.63) is 39.9 Å². The Labute approximate surface area is 127 Å². The van der Waals surface area contributed by atoms with Crippen molar-refractivity contribution in [1.29, 1.82) is 0 Å². The molecule has 122 valence electrons. The summed E-state index contributed by atoms with van der Waals surface area (Å²) < 4.78 is 35.1. The van der Waals surface area contributed by atoms with E-state index in [1.807, 2.05) is 0 Å². The van der Waals surface area contributed by atoms with Crippen LogP contribution in [0.4, 0.5) is 5.69 Å². The smallest absolute Gasteiger partial charge is 0.269 e. The highest BCUT2D eigenvalue weighted by molar-refractivity contribution is 7.91. The molecule has 8 nitrogen and oxygen atoms in total. The van der Waals surface area contributed by atoms with Gasteiger partial charge in [0.2, 0.25) is 5.79 Å². The molecule has 22 heavy (non-hydrogen) atoms. The van der Waals surface area contributed by atoms with Crippen LogP contribution in [-0.4, -0.2) is 49.3 Å². The molecule has 2 atom stereocenters. The lowest BCUT2D eigenvalue weighted by Crippen LogP contribution is -2.37. The predicted molar refractivity (Wildman–Crippen MR) is 77.0 cm³/mol. The number of ether oxygens (including phenoxy) is 2. The van der Waals surface area contributed by atoms with Crippen molar-refractivity contribution in [2.75, 3.05) is 24.7 Å². The molecule has 1 saturated heterocycles. The van der Waals surface area contributed by atoms with Crippen LogP contribution in [0, 0.1) is 10.1 Å². The lowest BCUT2D eigenvalue weighted by atomic mass is 10.1. The Morgan fingerprint density at radius 3 is 2.77 bits per heavy atom. The summed E-state index contributed by atoms with van der Waals surface area (Å²) in [6.45, 7) is 1.18. The summed E-state index contributed by atoms with van der Waals surface area (Å²) in [6.07, 6.45) is -0.675. The van der Waals surface area contributed by atoms with Crippen LogP contribution in [0.5, 0.6) is 0 Å². The van der Waals surface area contributed by atoms with Crippen LogP contribution in [0.15, 0.2) is 24.3 Å². The van der Waals surface area contributed by atoms with Crippen molar-refractivity contribution in [3.63, 3.8) is 0 Å². The third kappa shape index (κ3) is 3.43. The van der Waals surface area contributed by atoms with Crippen molar-refractivity contribution >= 4 is 15.5 Å². The summed E-state index contributed by atoms with van der Waals surface area (Å²) in [5.41, 5.74) is 0.0556. The Morgan fingerprint density at radius 2 is 2.23 bits per heavy atom. The second-order valence-corrected chi connectivity index (χ2v) is 7.32. The topological polar surface area (TPSA) is 116 Å². The minimum absolute atomic E-state index is 0.0123. The van der Waals surface area contributed by atoms with E-state index in [2.05, 4.69) is 0 Å². The Balaban J connectivity index is 2.45. The summed E-state index contributed by atoms with van der Waals surface area (Å²) in [5.74, 6) is -2.21. The number of sulfone groups is 1. The van der Waals surface area contributed by atoms with Gasteiger partial charge in [-0.2, -0.15) is 0 Å². The predicted octanol–water partition coefficient (Wildman–Crippen LogP) is 0.590. The molecule has 0 saturated carbocycles. The standard InChI is InChI=1S/C13H17NO7S/c1-2-22(18,19)9-13(20-8-12(7-15)21-13)10-4-3-5-11(6-10)14(16)17/h3-6,12,15H,2,7-9H2,1H3/t12-,13-/m0/s1. The van der Waals surface area contributed by atoms with Crippen LogP contribution in [-0.2, 0) is 25.1 Å². The molecular weight excluding hydrogens is 314 g/mol. The van der Waals surface area contributed by atoms with Crippen LogP contribution < -0.4 is 0 Å². The number of benzene rings is 1. The third-order valence-electron chi connectivity index (χ3n) is 3.41. The van der Waals surface area contributed by atoms with Crippen molar-refractivity contribution in [3.8, 4) is 0 Å². The quantitative estimate of drug-likeness (QED) is 0.599. The maximum atomic E-state index is 12.0. The van der Waals surface area contributed by atoms with Crippen LogP contribution >= 0.6 is 0 Å². The Kier molecular flexibility index (Phi) is 4.81. The number of nitro groups is 1. The third-order valence-corrected chi connectivity index (χ3v) is 5.11. The minimum atomic E-state index is -3.48. The van der Waals surface area contributed by atoms with Gasteiger partial charge in [0.05, 0.1) is 18.1 Å². The van der Waals surface area contributed by atoms with Gasteiger partial charge >= 0.3 is 0 Å². The molecule has 1 aliphatic heterocycles. The molecule has 0 bridgehead atoms. The van der Waals surface area contributed by atoms with Crippen molar-refractivity contribution in [1.82, 2.24) is 0 Å². The van der Waals surface area contributed by atoms with Crippen molar-refractivity contribution < 1.29 is 27.9 Å². The first-order valence-corrected chi connectivity index (χ1v) is 8.52. The average molecular weight is 331 g/mol. The monoisotopic (exact) mass is 331 g/mol. The highest BCUT2D eigenvalue weighted by Crippen LogP contribution is 2.37. The molecule has 1 aliphatic rings. The molecule has 1 aromatic carbocycles. The lowest BCUT2D eigenvalue weighted by Gasteiger charge is -2.28. The fraction of sp³-hybridized carbons (Fsp3) is 0.538. The van der Waals surface area contributed by atoms with E-state index in [1.54, 1.807) is 0 Å². The molecule has 0 amide bonds. The zero-order valence-electron chi connectivity index (χ0n) is 12.0. The first-order valence-electron chi connectivity index (χ1n) is 6.70. The van der Waals surface area contributed by atoms with Gasteiger partial charge in [0.15, 0.2) is 9.84 Å². The lowest BCUT2D eigenvalue weighted by molar-refractivity contribution is -0.385. The molecule has 0 aliphatic carbocycles. The maximum Gasteiger partial charge on any atom is 0.269 e. The molecule has 1 N–H and O–H groups in total. The molecule has 0 aromatic heterocycles. The molecule has 2 rings (SSSR count). The van der Waals surface area contributed by atoms with Gasteiger partial charge in [-0.05, 0) is 0 Å². The van der Waals surface area contributed by atoms with E-state index in [4.69, 9.17) is 9.47 Å². The fourth-order valence-corrected chi connectivity index (χ4v) is 3.31. The molecular formula is C13H17NO7S. The highest BCUT2D eigenvalue weighted by atomic mass is 32.2. The SMILES string of the molecule is CCS(=O)(=O)C[C@]1(c2cccc([N+](=O)[O-])c2)OC[C@H](CO)O1. The molecule has 9 heteroatoms. The number of nitrogens with zero attached hydrogens (tertiary/aromatic N) is 1. The van der Waals surface area contributed by atoms with Gasteiger partial charge in [-0.3, -0.25) is 10.1 Å². The van der Waals surface area contributed by atoms with E-state index in [0.717, 1.165) is 0 Å². The van der Waals surface area contributed by atoms with E-state index in [-0.39, 0.29) is 30.2 Å². The van der Waals surface area contributed by atoms with E-state index < -0.39 is 32.4 Å². The van der Waals surface area contributed by atoms with Gasteiger partial charge < -0.3 is 14.6 Å². The first kappa shape index (κ1) is 16.8. The largest absolute Gasteiger partial charge is 0.394 e. The van der Waals surface area contributed by atoms with Gasteiger partial charge in [0, 0.05) is 23.4 Å². The number of nitro benzene ring substituents is 1. The normalized spacial score (nSPS) is 25.3. The number of rotatable bonds is 6. The first-order chi connectivity index (χ1) is 10.3. The van der Waals surface area contributed by atoms with E-state index in [9.17, 15) is 23.6 Å². The van der Waals surface area contributed by atoms with E-state index in [0.29, 0.717) is 0 Å². The second kappa shape index (κ2) is 6.29.